The van der Waals surface area contributed by atoms with Crippen LogP contribution in [0.15, 0.2) is 48.2 Å². The molecule has 2 amide bonds. The van der Waals surface area contributed by atoms with Gasteiger partial charge in [0, 0.05) is 47.3 Å². The van der Waals surface area contributed by atoms with Crippen LogP contribution in [0.5, 0.6) is 0 Å². The maximum absolute atomic E-state index is 12.4. The molecule has 2 N–H and O–H groups in total. The Morgan fingerprint density at radius 1 is 1.12 bits per heavy atom. The molecule has 0 atom stereocenters. The molecule has 25 heavy (non-hydrogen) atoms. The van der Waals surface area contributed by atoms with Crippen LogP contribution in [-0.2, 0) is 4.79 Å². The van der Waals surface area contributed by atoms with E-state index >= 15 is 0 Å². The van der Waals surface area contributed by atoms with E-state index in [0.29, 0.717) is 27.5 Å². The Kier molecular flexibility index (Phi) is 4.51. The smallest absolute Gasteiger partial charge is 0.258 e. The molecule has 0 fully saturated rings. The number of halogens is 1. The largest absolute Gasteiger partial charge is 0.358 e. The summed E-state index contributed by atoms with van der Waals surface area (Å²) in [4.78, 5) is 26.1. The van der Waals surface area contributed by atoms with Crippen LogP contribution in [-0.4, -0.2) is 30.8 Å². The molecule has 6 heteroatoms. The molecule has 0 aromatic heterocycles. The van der Waals surface area contributed by atoms with Crippen molar-refractivity contribution in [2.75, 3.05) is 24.7 Å². The zero-order valence-corrected chi connectivity index (χ0v) is 14.9. The van der Waals surface area contributed by atoms with Gasteiger partial charge in [-0.15, -0.1) is 0 Å². The minimum atomic E-state index is -0.191. The number of anilines is 2. The summed E-state index contributed by atoms with van der Waals surface area (Å²) in [6.45, 7) is 1.83. The lowest BCUT2D eigenvalue weighted by Crippen LogP contribution is -2.21. The highest BCUT2D eigenvalue weighted by atomic mass is 35.5. The summed E-state index contributed by atoms with van der Waals surface area (Å²) in [5.41, 5.74) is 4.02. The second-order valence-electron chi connectivity index (χ2n) is 6.05. The highest BCUT2D eigenvalue weighted by Crippen LogP contribution is 2.35. The fraction of sp³-hybridized carbons (Fsp3) is 0.158. The predicted octanol–water partition coefficient (Wildman–Crippen LogP) is 3.84. The third-order valence-electron chi connectivity index (χ3n) is 3.97. The fourth-order valence-electron chi connectivity index (χ4n) is 2.74. The van der Waals surface area contributed by atoms with Crippen LogP contribution < -0.4 is 10.6 Å². The second-order valence-corrected chi connectivity index (χ2v) is 6.48. The van der Waals surface area contributed by atoms with E-state index in [4.69, 9.17) is 11.6 Å². The normalized spacial score (nSPS) is 14.6. The third kappa shape index (κ3) is 3.37. The molecular formula is C19H18ClN3O2. The molecule has 0 bridgehead atoms. The number of nitrogens with one attached hydrogen (secondary N) is 2. The molecule has 128 valence electrons. The first-order valence-corrected chi connectivity index (χ1v) is 8.15. The minimum absolute atomic E-state index is 0.107. The number of hydrogen-bond acceptors (Lipinski definition) is 3. The van der Waals surface area contributed by atoms with Gasteiger partial charge in [-0.2, -0.15) is 0 Å². The first kappa shape index (κ1) is 17.0. The first-order chi connectivity index (χ1) is 11.9. The summed E-state index contributed by atoms with van der Waals surface area (Å²) in [7, 11) is 3.39. The van der Waals surface area contributed by atoms with E-state index in [1.807, 2.05) is 19.1 Å². The number of carbonyl (C=O) groups excluding carboxylic acids is 2. The number of nitrogens with zero attached hydrogens (tertiary/aromatic N) is 1. The lowest BCUT2D eigenvalue weighted by Gasteiger charge is -2.12. The van der Waals surface area contributed by atoms with E-state index in [-0.39, 0.29) is 11.8 Å². The van der Waals surface area contributed by atoms with Gasteiger partial charge in [-0.3, -0.25) is 9.59 Å². The zero-order chi connectivity index (χ0) is 18.1. The van der Waals surface area contributed by atoms with E-state index in [2.05, 4.69) is 10.6 Å². The lowest BCUT2D eigenvalue weighted by atomic mass is 10.0. The van der Waals surface area contributed by atoms with Crippen LogP contribution in [0.25, 0.3) is 5.57 Å². The summed E-state index contributed by atoms with van der Waals surface area (Å²) < 4.78 is 0. The Bertz CT molecular complexity index is 886. The Morgan fingerprint density at radius 3 is 2.44 bits per heavy atom. The average molecular weight is 356 g/mol. The number of amides is 2. The van der Waals surface area contributed by atoms with Crippen molar-refractivity contribution in [3.8, 4) is 0 Å². The van der Waals surface area contributed by atoms with Gasteiger partial charge in [0.25, 0.3) is 11.8 Å². The number of allylic oxidation sites excluding steroid dienone is 1. The second kappa shape index (κ2) is 6.61. The van der Waals surface area contributed by atoms with Crippen LogP contribution in [0, 0.1) is 0 Å². The summed E-state index contributed by atoms with van der Waals surface area (Å²) in [5.74, 6) is -0.298. The number of carbonyl (C=O) groups is 2. The van der Waals surface area contributed by atoms with E-state index in [9.17, 15) is 9.59 Å². The minimum Gasteiger partial charge on any atom is -0.358 e. The molecule has 0 saturated carbocycles. The number of fused-ring (bicyclic) bond motifs is 1. The lowest BCUT2D eigenvalue weighted by molar-refractivity contribution is -0.110. The predicted molar refractivity (Wildman–Crippen MR) is 101 cm³/mol. The van der Waals surface area contributed by atoms with Crippen molar-refractivity contribution in [2.24, 2.45) is 0 Å². The molecule has 0 aliphatic carbocycles. The van der Waals surface area contributed by atoms with Crippen molar-refractivity contribution in [1.29, 1.82) is 0 Å². The highest BCUT2D eigenvalue weighted by Gasteiger charge is 2.27. The average Bonchev–Trinajstić information content (AvgIpc) is 2.91. The monoisotopic (exact) mass is 355 g/mol. The topological polar surface area (TPSA) is 61.4 Å². The fourth-order valence-corrected chi connectivity index (χ4v) is 2.87. The van der Waals surface area contributed by atoms with Gasteiger partial charge in [0.2, 0.25) is 0 Å². The summed E-state index contributed by atoms with van der Waals surface area (Å²) in [5, 5.41) is 6.70. The van der Waals surface area contributed by atoms with Gasteiger partial charge in [0.05, 0.1) is 5.57 Å². The zero-order valence-electron chi connectivity index (χ0n) is 14.2. The van der Waals surface area contributed by atoms with E-state index in [1.54, 1.807) is 44.4 Å². The molecule has 1 aliphatic rings. The van der Waals surface area contributed by atoms with Crippen molar-refractivity contribution in [2.45, 2.75) is 6.92 Å². The van der Waals surface area contributed by atoms with E-state index in [1.165, 1.54) is 4.90 Å². The quantitative estimate of drug-likeness (QED) is 0.822. The van der Waals surface area contributed by atoms with Crippen molar-refractivity contribution in [1.82, 2.24) is 4.90 Å². The number of hydrogen-bond donors (Lipinski definition) is 2. The molecule has 1 aliphatic heterocycles. The maximum Gasteiger partial charge on any atom is 0.258 e. The highest BCUT2D eigenvalue weighted by molar-refractivity contribution is 6.32. The number of rotatable bonds is 3. The van der Waals surface area contributed by atoms with Crippen molar-refractivity contribution < 1.29 is 9.59 Å². The first-order valence-electron chi connectivity index (χ1n) is 7.77. The molecule has 5 nitrogen and oxygen atoms in total. The van der Waals surface area contributed by atoms with Gasteiger partial charge in [-0.1, -0.05) is 11.6 Å². The Balaban J connectivity index is 2.00. The molecule has 0 saturated heterocycles. The molecule has 2 aromatic carbocycles. The van der Waals surface area contributed by atoms with Crippen LogP contribution in [0.1, 0.15) is 22.8 Å². The van der Waals surface area contributed by atoms with Crippen LogP contribution in [0.4, 0.5) is 11.4 Å². The summed E-state index contributed by atoms with van der Waals surface area (Å²) in [6, 6.07) is 12.5. The molecular weight excluding hydrogens is 338 g/mol. The van der Waals surface area contributed by atoms with Gasteiger partial charge in [0.1, 0.15) is 0 Å². The molecule has 0 unspecified atom stereocenters. The Morgan fingerprint density at radius 2 is 1.80 bits per heavy atom. The Hall–Kier alpha value is -2.79. The summed E-state index contributed by atoms with van der Waals surface area (Å²) >= 11 is 5.90. The molecule has 1 heterocycles. The molecule has 3 rings (SSSR count). The summed E-state index contributed by atoms with van der Waals surface area (Å²) in [6.07, 6.45) is 0. The van der Waals surface area contributed by atoms with E-state index < -0.39 is 0 Å². The Labute approximate surface area is 151 Å². The van der Waals surface area contributed by atoms with Crippen LogP contribution >= 0.6 is 11.6 Å². The van der Waals surface area contributed by atoms with Gasteiger partial charge >= 0.3 is 0 Å². The van der Waals surface area contributed by atoms with Crippen molar-refractivity contribution in [3.63, 3.8) is 0 Å². The van der Waals surface area contributed by atoms with Crippen LogP contribution in [0.2, 0.25) is 5.02 Å². The van der Waals surface area contributed by atoms with Gasteiger partial charge in [0.15, 0.2) is 0 Å². The van der Waals surface area contributed by atoms with Gasteiger partial charge in [-0.05, 0) is 49.4 Å². The molecule has 2 aromatic rings. The van der Waals surface area contributed by atoms with Gasteiger partial charge in [-0.25, -0.2) is 0 Å². The maximum atomic E-state index is 12.4. The molecule has 0 radical (unpaired) electrons. The van der Waals surface area contributed by atoms with E-state index in [0.717, 1.165) is 11.3 Å². The SMILES string of the molecule is C/C(Nc1ccc(Cl)cc1)=C1/C(=O)Nc2ccc(C(=O)N(C)C)cc21. The van der Waals surface area contributed by atoms with Crippen molar-refractivity contribution >= 4 is 40.4 Å². The number of benzene rings is 2. The molecule has 0 spiro atoms. The van der Waals surface area contributed by atoms with Crippen LogP contribution in [0.3, 0.4) is 0 Å². The van der Waals surface area contributed by atoms with Crippen molar-refractivity contribution in [3.05, 3.63) is 64.3 Å². The standard InChI is InChI=1S/C19H18ClN3O2/c1-11(21-14-7-5-13(20)6-8-14)17-15-10-12(19(25)23(2)3)4-9-16(15)22-18(17)24/h4-10,21H,1-3H3,(H,22,24)/b17-11-. The third-order valence-corrected chi connectivity index (χ3v) is 4.22. The van der Waals surface area contributed by atoms with Gasteiger partial charge < -0.3 is 15.5 Å².